The Kier molecular flexibility index (Phi) is 5.40. The number of fused-ring (bicyclic) bond motifs is 2. The van der Waals surface area contributed by atoms with E-state index in [9.17, 15) is 13.2 Å². The molecular weight excluding hydrogens is 374 g/mol. The molecule has 1 saturated carbocycles. The number of urea groups is 1. The average Bonchev–Trinajstić information content (AvgIpc) is 3.19. The molecule has 1 aromatic carbocycles. The molecule has 7 heteroatoms. The Bertz CT molecular complexity index is 845. The Labute approximate surface area is 168 Å². The van der Waals surface area contributed by atoms with Crippen molar-refractivity contribution in [1.82, 2.24) is 9.62 Å². The van der Waals surface area contributed by atoms with E-state index in [4.69, 9.17) is 0 Å². The van der Waals surface area contributed by atoms with Crippen LogP contribution in [0.15, 0.2) is 6.07 Å². The van der Waals surface area contributed by atoms with Gasteiger partial charge in [0.15, 0.2) is 0 Å². The molecule has 0 aromatic heterocycles. The van der Waals surface area contributed by atoms with Crippen LogP contribution in [0.4, 0.5) is 10.5 Å². The van der Waals surface area contributed by atoms with Gasteiger partial charge in [0.05, 0.1) is 5.75 Å². The second-order valence-electron chi connectivity index (χ2n) is 8.64. The number of nitrogens with zero attached hydrogens (tertiary/aromatic N) is 1. The standard InChI is InChI=1S/C21H31N3O3S/c1-14(24(2)17-9-10-17)11-12-28(26,27)23-21(25)22-20-18-7-3-5-15(18)13-16-6-4-8-19(16)20/h13-14,17H,3-12H2,1-2H3,(H2,22,23,25). The highest BCUT2D eigenvalue weighted by atomic mass is 32.2. The lowest BCUT2D eigenvalue weighted by atomic mass is 9.99. The number of rotatable bonds is 7. The highest BCUT2D eigenvalue weighted by molar-refractivity contribution is 7.90. The molecule has 6 nitrogen and oxygen atoms in total. The van der Waals surface area contributed by atoms with Gasteiger partial charge in [-0.2, -0.15) is 0 Å². The first-order valence-electron chi connectivity index (χ1n) is 10.5. The fourth-order valence-electron chi connectivity index (χ4n) is 4.67. The van der Waals surface area contributed by atoms with Crippen LogP contribution in [0.5, 0.6) is 0 Å². The van der Waals surface area contributed by atoms with Crippen LogP contribution in [-0.4, -0.2) is 44.2 Å². The molecule has 2 amide bonds. The number of aryl methyl sites for hydroxylation is 2. The van der Waals surface area contributed by atoms with Crippen LogP contribution in [-0.2, 0) is 35.7 Å². The molecule has 1 atom stereocenters. The topological polar surface area (TPSA) is 78.5 Å². The third-order valence-corrected chi connectivity index (χ3v) is 7.85. The van der Waals surface area contributed by atoms with Gasteiger partial charge < -0.3 is 10.2 Å². The highest BCUT2D eigenvalue weighted by Crippen LogP contribution is 2.38. The summed E-state index contributed by atoms with van der Waals surface area (Å²) in [7, 11) is -1.60. The van der Waals surface area contributed by atoms with Gasteiger partial charge in [-0.25, -0.2) is 17.9 Å². The third kappa shape index (κ3) is 4.20. The minimum absolute atomic E-state index is 0.0380. The summed E-state index contributed by atoms with van der Waals surface area (Å²) in [5, 5.41) is 2.90. The molecule has 4 rings (SSSR count). The summed E-state index contributed by atoms with van der Waals surface area (Å²) >= 11 is 0. The van der Waals surface area contributed by atoms with Crippen LogP contribution in [0.2, 0.25) is 0 Å². The molecule has 0 spiro atoms. The van der Waals surface area contributed by atoms with E-state index in [-0.39, 0.29) is 11.8 Å². The number of anilines is 1. The molecular formula is C21H31N3O3S. The zero-order valence-electron chi connectivity index (χ0n) is 16.9. The Morgan fingerprint density at radius 2 is 1.75 bits per heavy atom. The molecule has 1 aromatic rings. The van der Waals surface area contributed by atoms with Crippen molar-refractivity contribution in [2.75, 3.05) is 18.1 Å². The first-order valence-corrected chi connectivity index (χ1v) is 12.2. The zero-order chi connectivity index (χ0) is 19.9. The van der Waals surface area contributed by atoms with Crippen LogP contribution in [0.25, 0.3) is 0 Å². The predicted octanol–water partition coefficient (Wildman–Crippen LogP) is 2.99. The SMILES string of the molecule is CC(CCS(=O)(=O)NC(=O)Nc1c2c(cc3c1CCC3)CCC2)N(C)C1CC1. The lowest BCUT2D eigenvalue weighted by molar-refractivity contribution is 0.242. The molecule has 2 N–H and O–H groups in total. The summed E-state index contributed by atoms with van der Waals surface area (Å²) < 4.78 is 27.1. The minimum atomic E-state index is -3.65. The molecule has 0 saturated heterocycles. The molecule has 28 heavy (non-hydrogen) atoms. The van der Waals surface area contributed by atoms with E-state index in [1.807, 2.05) is 14.0 Å². The van der Waals surface area contributed by atoms with Crippen molar-refractivity contribution in [1.29, 1.82) is 0 Å². The van der Waals surface area contributed by atoms with Gasteiger partial charge in [0.1, 0.15) is 0 Å². The van der Waals surface area contributed by atoms with Crippen molar-refractivity contribution in [2.45, 2.75) is 76.8 Å². The quantitative estimate of drug-likeness (QED) is 0.731. The Morgan fingerprint density at radius 3 is 2.32 bits per heavy atom. The second-order valence-corrected chi connectivity index (χ2v) is 10.5. The summed E-state index contributed by atoms with van der Waals surface area (Å²) in [5.41, 5.74) is 5.91. The van der Waals surface area contributed by atoms with Crippen LogP contribution < -0.4 is 10.0 Å². The van der Waals surface area contributed by atoms with E-state index < -0.39 is 16.1 Å². The van der Waals surface area contributed by atoms with Gasteiger partial charge >= 0.3 is 6.03 Å². The number of hydrogen-bond donors (Lipinski definition) is 2. The molecule has 1 fully saturated rings. The van der Waals surface area contributed by atoms with E-state index in [1.165, 1.54) is 35.1 Å². The number of sulfonamides is 1. The monoisotopic (exact) mass is 405 g/mol. The number of benzene rings is 1. The highest BCUT2D eigenvalue weighted by Gasteiger charge is 2.30. The Balaban J connectivity index is 1.39. The summed E-state index contributed by atoms with van der Waals surface area (Å²) in [6.45, 7) is 2.05. The largest absolute Gasteiger partial charge is 0.332 e. The van der Waals surface area contributed by atoms with E-state index in [0.29, 0.717) is 12.5 Å². The van der Waals surface area contributed by atoms with Crippen molar-refractivity contribution >= 4 is 21.7 Å². The van der Waals surface area contributed by atoms with E-state index in [2.05, 4.69) is 21.0 Å². The number of carbonyl (C=O) groups excluding carboxylic acids is 1. The summed E-state index contributed by atoms with van der Waals surface area (Å²) in [6, 6.07) is 2.45. The number of amides is 2. The Morgan fingerprint density at radius 1 is 1.14 bits per heavy atom. The molecule has 0 bridgehead atoms. The van der Waals surface area contributed by atoms with E-state index in [1.54, 1.807) is 0 Å². The van der Waals surface area contributed by atoms with Gasteiger partial charge in [-0.1, -0.05) is 6.07 Å². The van der Waals surface area contributed by atoms with Crippen molar-refractivity contribution < 1.29 is 13.2 Å². The molecule has 154 valence electrons. The smallest absolute Gasteiger partial charge is 0.307 e. The number of carbonyl (C=O) groups is 1. The van der Waals surface area contributed by atoms with Crippen LogP contribution in [0.1, 0.15) is 61.3 Å². The summed E-state index contributed by atoms with van der Waals surface area (Å²) in [5.74, 6) is -0.0380. The van der Waals surface area contributed by atoms with Gasteiger partial charge in [0.2, 0.25) is 10.0 Å². The molecule has 0 radical (unpaired) electrons. The first-order chi connectivity index (χ1) is 13.3. The molecule has 0 aliphatic heterocycles. The maximum atomic E-state index is 12.5. The van der Waals surface area contributed by atoms with Crippen LogP contribution in [0, 0.1) is 0 Å². The van der Waals surface area contributed by atoms with Crippen molar-refractivity contribution in [3.63, 3.8) is 0 Å². The third-order valence-electron chi connectivity index (χ3n) is 6.58. The van der Waals surface area contributed by atoms with Crippen molar-refractivity contribution in [2.24, 2.45) is 0 Å². The van der Waals surface area contributed by atoms with Crippen LogP contribution >= 0.6 is 0 Å². The summed E-state index contributed by atoms with van der Waals surface area (Å²) in [4.78, 5) is 14.8. The first kappa shape index (κ1) is 19.7. The van der Waals surface area contributed by atoms with Gasteiger partial charge in [0.25, 0.3) is 0 Å². The fourth-order valence-corrected chi connectivity index (χ4v) is 5.76. The molecule has 3 aliphatic carbocycles. The van der Waals surface area contributed by atoms with Gasteiger partial charge in [-0.15, -0.1) is 0 Å². The van der Waals surface area contributed by atoms with Gasteiger partial charge in [-0.3, -0.25) is 0 Å². The molecule has 0 heterocycles. The Hall–Kier alpha value is -1.60. The normalized spacial score (nSPS) is 19.4. The lowest BCUT2D eigenvalue weighted by Gasteiger charge is -2.24. The lowest BCUT2D eigenvalue weighted by Crippen LogP contribution is -2.39. The van der Waals surface area contributed by atoms with E-state index in [0.717, 1.165) is 44.2 Å². The maximum absolute atomic E-state index is 12.5. The number of hydrogen-bond acceptors (Lipinski definition) is 4. The fraction of sp³-hybridized carbons (Fsp3) is 0.667. The van der Waals surface area contributed by atoms with E-state index >= 15 is 0 Å². The minimum Gasteiger partial charge on any atom is -0.307 e. The second kappa shape index (κ2) is 7.67. The van der Waals surface area contributed by atoms with Crippen molar-refractivity contribution in [3.05, 3.63) is 28.3 Å². The molecule has 3 aliphatic rings. The molecule has 1 unspecified atom stereocenters. The number of nitrogens with one attached hydrogen (secondary N) is 2. The van der Waals surface area contributed by atoms with Crippen LogP contribution in [0.3, 0.4) is 0 Å². The maximum Gasteiger partial charge on any atom is 0.332 e. The van der Waals surface area contributed by atoms with Gasteiger partial charge in [0, 0.05) is 17.8 Å². The van der Waals surface area contributed by atoms with Gasteiger partial charge in [-0.05, 0) is 94.0 Å². The summed E-state index contributed by atoms with van der Waals surface area (Å²) in [6.07, 6.45) is 9.10. The van der Waals surface area contributed by atoms with Crippen molar-refractivity contribution in [3.8, 4) is 0 Å². The zero-order valence-corrected chi connectivity index (χ0v) is 17.7. The predicted molar refractivity (Wildman–Crippen MR) is 111 cm³/mol. The average molecular weight is 406 g/mol.